The lowest BCUT2D eigenvalue weighted by atomic mass is 10.1. The first-order valence-electron chi connectivity index (χ1n) is 11.1. The summed E-state index contributed by atoms with van der Waals surface area (Å²) in [4.78, 5) is 51.4. The van der Waals surface area contributed by atoms with Gasteiger partial charge in [-0.05, 0) is 24.7 Å². The number of carbonyl (C=O) groups is 2. The quantitative estimate of drug-likeness (QED) is 0.0640. The zero-order valence-corrected chi connectivity index (χ0v) is 21.3. The summed E-state index contributed by atoms with van der Waals surface area (Å²) in [5.41, 5.74) is 11.6. The molecule has 2 heterocycles. The molecular weight excluding hydrogens is 500 g/mol. The molecule has 0 saturated carbocycles. The lowest BCUT2D eigenvalue weighted by molar-refractivity contribution is -0.122. The van der Waals surface area contributed by atoms with Crippen LogP contribution in [0.15, 0.2) is 63.0 Å². The van der Waals surface area contributed by atoms with Gasteiger partial charge in [0.1, 0.15) is 12.2 Å². The van der Waals surface area contributed by atoms with E-state index < -0.39 is 11.9 Å². The number of hydrogen-bond acceptors (Lipinski definition) is 9. The lowest BCUT2D eigenvalue weighted by Crippen LogP contribution is -2.44. The Labute approximate surface area is 216 Å². The van der Waals surface area contributed by atoms with Crippen molar-refractivity contribution >= 4 is 46.4 Å². The number of nitrogens with zero attached hydrogens (tertiary/aromatic N) is 4. The molecule has 1 atom stereocenters. The van der Waals surface area contributed by atoms with Gasteiger partial charge >= 0.3 is 0 Å². The second kappa shape index (κ2) is 13.4. The van der Waals surface area contributed by atoms with E-state index in [1.54, 1.807) is 11.6 Å². The highest BCUT2D eigenvalue weighted by Gasteiger charge is 2.24. The van der Waals surface area contributed by atoms with Crippen LogP contribution in [0, 0.1) is 0 Å². The minimum atomic E-state index is -0.835. The molecule has 1 aromatic carbocycles. The zero-order chi connectivity index (χ0) is 25.9. The van der Waals surface area contributed by atoms with E-state index in [1.807, 2.05) is 30.3 Å². The van der Waals surface area contributed by atoms with Crippen molar-refractivity contribution in [1.29, 1.82) is 0 Å². The Kier molecular flexibility index (Phi) is 10.0. The first kappa shape index (κ1) is 26.9. The molecule has 1 amide bonds. The van der Waals surface area contributed by atoms with E-state index in [9.17, 15) is 14.4 Å². The predicted octanol–water partition coefficient (Wildman–Crippen LogP) is 1.46. The van der Waals surface area contributed by atoms with Gasteiger partial charge in [-0.3, -0.25) is 23.9 Å². The number of carbonyl (C=O) groups excluding carboxylic acids is 2. The van der Waals surface area contributed by atoms with Crippen molar-refractivity contribution in [3.05, 3.63) is 69.0 Å². The summed E-state index contributed by atoms with van der Waals surface area (Å²) in [6.07, 6.45) is 5.54. The van der Waals surface area contributed by atoms with Crippen LogP contribution in [0.3, 0.4) is 0 Å². The molecule has 0 aliphatic carbocycles. The summed E-state index contributed by atoms with van der Waals surface area (Å²) >= 11 is 2.44. The molecule has 0 radical (unpaired) electrons. The largest absolute Gasteiger partial charge is 0.375 e. The molecule has 0 spiro atoms. The number of aliphatic imine (C=N–C) groups is 1. The van der Waals surface area contributed by atoms with Gasteiger partial charge < -0.3 is 22.1 Å². The number of guanidine groups is 1. The van der Waals surface area contributed by atoms with Gasteiger partial charge in [0.15, 0.2) is 16.1 Å². The average Bonchev–Trinajstić information content (AvgIpc) is 3.41. The highest BCUT2D eigenvalue weighted by molar-refractivity contribution is 7.98. The Hall–Kier alpha value is -3.71. The number of Topliss-reactive ketones (excluding diaryl/α,β-unsaturated/α-hetero) is 1. The van der Waals surface area contributed by atoms with Crippen LogP contribution in [0.1, 0.15) is 28.2 Å². The molecule has 0 aliphatic heterocycles. The third-order valence-electron chi connectivity index (χ3n) is 5.06. The van der Waals surface area contributed by atoms with Crippen molar-refractivity contribution in [2.75, 3.05) is 18.1 Å². The van der Waals surface area contributed by atoms with Crippen molar-refractivity contribution in [1.82, 2.24) is 19.9 Å². The summed E-state index contributed by atoms with van der Waals surface area (Å²) in [7, 11) is 0. The average molecular weight is 529 g/mol. The van der Waals surface area contributed by atoms with Crippen molar-refractivity contribution in [3.8, 4) is 0 Å². The number of thiazole rings is 1. The van der Waals surface area contributed by atoms with Crippen molar-refractivity contribution in [2.45, 2.75) is 37.1 Å². The Bertz CT molecular complexity index is 1240. The predicted molar refractivity (Wildman–Crippen MR) is 142 cm³/mol. The SMILES string of the molecule is CSc1ncc(NCc2ccccc2)c(=O)n1CC(=O)N[C@@H](CCCN=C(N)N)C(=O)c1nccs1. The molecule has 6 N–H and O–H groups in total. The van der Waals surface area contributed by atoms with Gasteiger partial charge in [-0.15, -0.1) is 11.3 Å². The number of ketones is 1. The second-order valence-corrected chi connectivity index (χ2v) is 9.33. The molecule has 0 saturated heterocycles. The van der Waals surface area contributed by atoms with E-state index in [0.717, 1.165) is 5.56 Å². The fourth-order valence-electron chi connectivity index (χ4n) is 3.34. The molecule has 0 aliphatic rings. The monoisotopic (exact) mass is 528 g/mol. The van der Waals surface area contributed by atoms with Crippen LogP contribution in [0.4, 0.5) is 5.69 Å². The maximum atomic E-state index is 13.1. The minimum absolute atomic E-state index is 0.0425. The molecule has 13 heteroatoms. The molecule has 11 nitrogen and oxygen atoms in total. The van der Waals surface area contributed by atoms with Crippen LogP contribution < -0.4 is 27.7 Å². The third-order valence-corrected chi connectivity index (χ3v) is 6.54. The van der Waals surface area contributed by atoms with Gasteiger partial charge in [-0.25, -0.2) is 9.97 Å². The number of benzene rings is 1. The number of nitrogens with one attached hydrogen (secondary N) is 2. The maximum absolute atomic E-state index is 13.1. The topological polar surface area (TPSA) is 170 Å². The Morgan fingerprint density at radius 1 is 1.22 bits per heavy atom. The zero-order valence-electron chi connectivity index (χ0n) is 19.7. The Morgan fingerprint density at radius 2 is 2.00 bits per heavy atom. The third kappa shape index (κ3) is 7.65. The molecule has 0 fully saturated rings. The maximum Gasteiger partial charge on any atom is 0.278 e. The van der Waals surface area contributed by atoms with Crippen LogP contribution in [0.25, 0.3) is 0 Å². The molecule has 190 valence electrons. The summed E-state index contributed by atoms with van der Waals surface area (Å²) < 4.78 is 1.29. The van der Waals surface area contributed by atoms with E-state index in [0.29, 0.717) is 31.1 Å². The normalized spacial score (nSPS) is 11.5. The van der Waals surface area contributed by atoms with Gasteiger partial charge in [0.25, 0.3) is 5.56 Å². The molecule has 36 heavy (non-hydrogen) atoms. The highest BCUT2D eigenvalue weighted by Crippen LogP contribution is 2.14. The highest BCUT2D eigenvalue weighted by atomic mass is 32.2. The Morgan fingerprint density at radius 3 is 2.67 bits per heavy atom. The van der Waals surface area contributed by atoms with E-state index in [-0.39, 0.29) is 34.5 Å². The van der Waals surface area contributed by atoms with Gasteiger partial charge in [0, 0.05) is 24.7 Å². The fraction of sp³-hybridized carbons (Fsp3) is 0.304. The second-order valence-electron chi connectivity index (χ2n) is 7.66. The van der Waals surface area contributed by atoms with Gasteiger partial charge in [-0.2, -0.15) is 0 Å². The number of hydrogen-bond donors (Lipinski definition) is 4. The summed E-state index contributed by atoms with van der Waals surface area (Å²) in [6, 6.07) is 8.78. The molecule has 2 aromatic heterocycles. The molecular formula is C23H28N8O3S2. The van der Waals surface area contributed by atoms with Crippen molar-refractivity contribution in [3.63, 3.8) is 0 Å². The van der Waals surface area contributed by atoms with Crippen molar-refractivity contribution in [2.24, 2.45) is 16.5 Å². The first-order chi connectivity index (χ1) is 17.4. The molecule has 0 bridgehead atoms. The van der Waals surface area contributed by atoms with Gasteiger partial charge in [0.2, 0.25) is 11.7 Å². The number of thioether (sulfide) groups is 1. The van der Waals surface area contributed by atoms with Crippen LogP contribution in [-0.2, 0) is 17.9 Å². The lowest BCUT2D eigenvalue weighted by Gasteiger charge is -2.18. The first-order valence-corrected chi connectivity index (χ1v) is 13.2. The number of rotatable bonds is 13. The molecule has 3 aromatic rings. The van der Waals surface area contributed by atoms with E-state index in [4.69, 9.17) is 11.5 Å². The summed E-state index contributed by atoms with van der Waals surface area (Å²) in [5, 5.41) is 8.20. The number of aromatic nitrogens is 3. The molecule has 0 unspecified atom stereocenters. The van der Waals surface area contributed by atoms with Gasteiger partial charge in [-0.1, -0.05) is 42.1 Å². The molecule has 3 rings (SSSR count). The minimum Gasteiger partial charge on any atom is -0.375 e. The van der Waals surface area contributed by atoms with Crippen LogP contribution in [0.5, 0.6) is 0 Å². The summed E-state index contributed by atoms with van der Waals surface area (Å²) in [6.45, 7) is 0.455. The Balaban J connectivity index is 1.74. The van der Waals surface area contributed by atoms with Crippen molar-refractivity contribution < 1.29 is 9.59 Å². The fourth-order valence-corrected chi connectivity index (χ4v) is 4.50. The van der Waals surface area contributed by atoms with Crippen LogP contribution in [0.2, 0.25) is 0 Å². The number of amides is 1. The van der Waals surface area contributed by atoms with Crippen LogP contribution in [-0.4, -0.2) is 51.0 Å². The van der Waals surface area contributed by atoms with E-state index in [1.165, 1.54) is 40.1 Å². The van der Waals surface area contributed by atoms with E-state index >= 15 is 0 Å². The van der Waals surface area contributed by atoms with Gasteiger partial charge in [0.05, 0.1) is 12.2 Å². The number of nitrogens with two attached hydrogens (primary N) is 2. The standard InChI is InChI=1S/C23H28N8O3S2/c1-35-23-29-13-17(28-12-15-6-3-2-4-7-15)21(34)31(23)14-18(32)30-16(8-5-9-27-22(24)25)19(33)20-26-10-11-36-20/h2-4,6-7,10-11,13,16,28H,5,8-9,12,14H2,1H3,(H,30,32)(H4,24,25,27)/t16-/m0/s1. The smallest absolute Gasteiger partial charge is 0.278 e. The van der Waals surface area contributed by atoms with Crippen LogP contribution >= 0.6 is 23.1 Å². The number of anilines is 1. The summed E-state index contributed by atoms with van der Waals surface area (Å²) in [5.74, 6) is -0.845. The van der Waals surface area contributed by atoms with E-state index in [2.05, 4.69) is 25.6 Å².